The van der Waals surface area contributed by atoms with Gasteiger partial charge in [-0.3, -0.25) is 8.98 Å². The van der Waals surface area contributed by atoms with Crippen molar-refractivity contribution < 1.29 is 27.2 Å². The normalized spacial score (nSPS) is 20.8. The van der Waals surface area contributed by atoms with Crippen molar-refractivity contribution in [3.05, 3.63) is 42.0 Å². The summed E-state index contributed by atoms with van der Waals surface area (Å²) in [4.78, 5) is 24.5. The monoisotopic (exact) mass is 477 g/mol. The van der Waals surface area contributed by atoms with Gasteiger partial charge in [-0.25, -0.2) is 19.7 Å². The molecule has 1 saturated heterocycles. The first-order valence-electron chi connectivity index (χ1n) is 9.95. The summed E-state index contributed by atoms with van der Waals surface area (Å²) in [7, 11) is -4.46. The van der Waals surface area contributed by atoms with E-state index in [9.17, 15) is 18.3 Å². The second kappa shape index (κ2) is 8.90. The molecule has 14 heteroatoms. The molecule has 1 amide bonds. The Morgan fingerprint density at radius 2 is 2.12 bits per heavy atom. The molecule has 0 radical (unpaired) electrons. The van der Waals surface area contributed by atoms with Gasteiger partial charge in [0.2, 0.25) is 0 Å². The van der Waals surface area contributed by atoms with Crippen LogP contribution >= 0.6 is 0 Å². The number of imidazole rings is 1. The Balaban J connectivity index is 1.35. The zero-order valence-corrected chi connectivity index (χ0v) is 18.4. The summed E-state index contributed by atoms with van der Waals surface area (Å²) < 4.78 is 38.6. The molecule has 0 bridgehead atoms. The molecule has 0 aliphatic carbocycles. The number of benzene rings is 1. The van der Waals surface area contributed by atoms with Crippen molar-refractivity contribution in [2.24, 2.45) is 0 Å². The Kier molecular flexibility index (Phi) is 6.16. The highest BCUT2D eigenvalue weighted by molar-refractivity contribution is 7.85. The van der Waals surface area contributed by atoms with E-state index in [2.05, 4.69) is 15.0 Å². The Morgan fingerprint density at radius 1 is 1.33 bits per heavy atom. The van der Waals surface area contributed by atoms with Gasteiger partial charge in [-0.2, -0.15) is 8.42 Å². The summed E-state index contributed by atoms with van der Waals surface area (Å²) in [5, 5.41) is 10.3. The summed E-state index contributed by atoms with van der Waals surface area (Å²) in [5.41, 5.74) is 13.4. The number of hydrogen-bond donors (Lipinski definition) is 4. The Bertz CT molecular complexity index is 1300. The number of nitrogen functional groups attached to an aromatic ring is 2. The minimum absolute atomic E-state index is 0.0106. The summed E-state index contributed by atoms with van der Waals surface area (Å²) in [6.45, 7) is 1.56. The van der Waals surface area contributed by atoms with E-state index in [1.54, 1.807) is 17.6 Å². The van der Waals surface area contributed by atoms with Gasteiger partial charge in [0, 0.05) is 12.1 Å². The van der Waals surface area contributed by atoms with E-state index in [1.165, 1.54) is 24.8 Å². The Morgan fingerprint density at radius 3 is 2.91 bits per heavy atom. The number of hydrogen-bond acceptors (Lipinski definition) is 11. The van der Waals surface area contributed by atoms with E-state index in [4.69, 9.17) is 20.4 Å². The molecule has 4 rings (SSSR count). The molecule has 2 aromatic heterocycles. The van der Waals surface area contributed by atoms with Gasteiger partial charge in [0.1, 0.15) is 17.9 Å². The maximum atomic E-state index is 12.3. The number of aliphatic hydroxyl groups excluding tert-OH is 1. The smallest absolute Gasteiger partial charge is 0.362 e. The van der Waals surface area contributed by atoms with E-state index in [0.29, 0.717) is 17.7 Å². The van der Waals surface area contributed by atoms with Gasteiger partial charge in [0.05, 0.1) is 37.3 Å². The Hall–Kier alpha value is -3.33. The first kappa shape index (κ1) is 22.8. The van der Waals surface area contributed by atoms with Gasteiger partial charge in [-0.05, 0) is 19.1 Å². The molecule has 3 atom stereocenters. The van der Waals surface area contributed by atoms with Crippen LogP contribution in [0, 0.1) is 6.92 Å². The van der Waals surface area contributed by atoms with Gasteiger partial charge >= 0.3 is 10.3 Å². The molecule has 1 fully saturated rings. The van der Waals surface area contributed by atoms with E-state index in [-0.39, 0.29) is 23.5 Å². The molecule has 0 unspecified atom stereocenters. The molecule has 1 aromatic carbocycles. The van der Waals surface area contributed by atoms with Crippen LogP contribution < -0.4 is 16.2 Å². The third kappa shape index (κ3) is 5.03. The van der Waals surface area contributed by atoms with Gasteiger partial charge in [0.15, 0.2) is 11.5 Å². The number of nitrogens with zero attached hydrogens (tertiary/aromatic N) is 4. The van der Waals surface area contributed by atoms with E-state index in [0.717, 1.165) is 5.56 Å². The molecular weight excluding hydrogens is 454 g/mol. The Labute approximate surface area is 189 Å². The second-order valence-electron chi connectivity index (χ2n) is 7.69. The third-order valence-electron chi connectivity index (χ3n) is 5.19. The summed E-state index contributed by atoms with van der Waals surface area (Å²) >= 11 is 0. The number of aromatic nitrogens is 4. The molecule has 0 spiro atoms. The van der Waals surface area contributed by atoms with Crippen LogP contribution in [0.15, 0.2) is 30.9 Å². The number of fused-ring (bicyclic) bond motifs is 1. The van der Waals surface area contributed by atoms with Crippen LogP contribution in [0.25, 0.3) is 11.2 Å². The first-order valence-corrected chi connectivity index (χ1v) is 11.4. The summed E-state index contributed by atoms with van der Waals surface area (Å²) in [6, 6.07) is 4.66. The van der Waals surface area contributed by atoms with Gasteiger partial charge < -0.3 is 25.9 Å². The fourth-order valence-electron chi connectivity index (χ4n) is 3.56. The predicted molar refractivity (Wildman–Crippen MR) is 117 cm³/mol. The van der Waals surface area contributed by atoms with Crippen molar-refractivity contribution in [1.82, 2.24) is 24.2 Å². The number of aryl methyl sites for hydroxylation is 1. The molecule has 1 aliphatic heterocycles. The maximum Gasteiger partial charge on any atom is 0.362 e. The number of rotatable bonds is 7. The maximum absolute atomic E-state index is 12.3. The minimum Gasteiger partial charge on any atom is -0.398 e. The van der Waals surface area contributed by atoms with Crippen molar-refractivity contribution in [2.45, 2.75) is 38.2 Å². The molecule has 33 heavy (non-hydrogen) atoms. The topological polar surface area (TPSA) is 198 Å². The lowest BCUT2D eigenvalue weighted by Crippen LogP contribution is -2.36. The fourth-order valence-corrected chi connectivity index (χ4v) is 4.26. The minimum atomic E-state index is -4.46. The molecule has 0 saturated carbocycles. The average Bonchev–Trinajstić information content (AvgIpc) is 3.32. The molecule has 176 valence electrons. The lowest BCUT2D eigenvalue weighted by Gasteiger charge is -2.16. The van der Waals surface area contributed by atoms with Gasteiger partial charge in [0.25, 0.3) is 5.91 Å². The highest BCUT2D eigenvalue weighted by Crippen LogP contribution is 2.24. The van der Waals surface area contributed by atoms with Gasteiger partial charge in [-0.15, -0.1) is 0 Å². The van der Waals surface area contributed by atoms with Crippen LogP contribution in [-0.4, -0.2) is 63.9 Å². The standard InChI is InChI=1S/C19H23N7O6S/c1-10-2-3-13(20)12(4-10)19(28)25-33(29,30)31-7-15-14(27)5-11(32-15)6-26-9-24-16-17(21)22-8-23-18(16)26/h2-4,8-9,11,14-15,27H,5-7,20H2,1H3,(H,25,28)(H2,21,22,23)/t11-,14+,15-/m1/s1. The molecule has 1 aliphatic rings. The van der Waals surface area contributed by atoms with Crippen molar-refractivity contribution in [1.29, 1.82) is 0 Å². The third-order valence-corrected chi connectivity index (χ3v) is 6.07. The molecule has 3 heterocycles. The predicted octanol–water partition coefficient (Wildman–Crippen LogP) is -0.491. The van der Waals surface area contributed by atoms with Crippen LogP contribution in [0.1, 0.15) is 22.3 Å². The van der Waals surface area contributed by atoms with Crippen molar-refractivity contribution in [3.63, 3.8) is 0 Å². The van der Waals surface area contributed by atoms with Crippen molar-refractivity contribution >= 4 is 38.9 Å². The number of anilines is 2. The fraction of sp³-hybridized carbons (Fsp3) is 0.368. The summed E-state index contributed by atoms with van der Waals surface area (Å²) in [5.74, 6) is -0.674. The molecule has 6 N–H and O–H groups in total. The van der Waals surface area contributed by atoms with Crippen molar-refractivity contribution in [3.8, 4) is 0 Å². The van der Waals surface area contributed by atoms with Crippen LogP contribution in [0.2, 0.25) is 0 Å². The number of nitrogens with one attached hydrogen (secondary N) is 1. The highest BCUT2D eigenvalue weighted by Gasteiger charge is 2.36. The largest absolute Gasteiger partial charge is 0.398 e. The number of aliphatic hydroxyl groups is 1. The SMILES string of the molecule is Cc1ccc(N)c(C(=O)NS(=O)(=O)OC[C@H]2O[C@@H](Cn3cnc4c(N)ncnc43)C[C@@H]2O)c1. The lowest BCUT2D eigenvalue weighted by atomic mass is 10.1. The molecule has 13 nitrogen and oxygen atoms in total. The molecule has 3 aromatic rings. The number of nitrogens with two attached hydrogens (primary N) is 2. The first-order chi connectivity index (χ1) is 15.6. The molecular formula is C19H23N7O6S. The zero-order chi connectivity index (χ0) is 23.8. The van der Waals surface area contributed by atoms with E-state index < -0.39 is 41.1 Å². The van der Waals surface area contributed by atoms with Gasteiger partial charge in [-0.1, -0.05) is 11.6 Å². The van der Waals surface area contributed by atoms with Crippen LogP contribution in [-0.2, 0) is 25.8 Å². The summed E-state index contributed by atoms with van der Waals surface area (Å²) in [6.07, 6.45) is 0.752. The highest BCUT2D eigenvalue weighted by atomic mass is 32.2. The number of ether oxygens (including phenoxy) is 1. The van der Waals surface area contributed by atoms with Crippen LogP contribution in [0.3, 0.4) is 0 Å². The van der Waals surface area contributed by atoms with Crippen LogP contribution in [0.4, 0.5) is 11.5 Å². The lowest BCUT2D eigenvalue weighted by molar-refractivity contribution is -0.0187. The van der Waals surface area contributed by atoms with E-state index >= 15 is 0 Å². The second-order valence-corrected chi connectivity index (χ2v) is 9.04. The van der Waals surface area contributed by atoms with Crippen molar-refractivity contribution in [2.75, 3.05) is 18.1 Å². The van der Waals surface area contributed by atoms with E-state index in [1.807, 2.05) is 4.72 Å². The average molecular weight is 478 g/mol. The van der Waals surface area contributed by atoms with Crippen LogP contribution in [0.5, 0.6) is 0 Å². The zero-order valence-electron chi connectivity index (χ0n) is 17.6. The number of amides is 1. The number of carbonyl (C=O) groups excluding carboxylic acids is 1. The number of carbonyl (C=O) groups is 1. The quantitative estimate of drug-likeness (QED) is 0.320.